The molecule has 0 saturated carbocycles. The molecule has 1 N–H and O–H groups in total. The van der Waals surface area contributed by atoms with Gasteiger partial charge in [0.05, 0.1) is 24.9 Å². The van der Waals surface area contributed by atoms with Crippen molar-refractivity contribution in [2.45, 2.75) is 19.8 Å². The number of benzene rings is 1. The number of carbonyl (C=O) groups excluding carboxylic acids is 1. The fourth-order valence-corrected chi connectivity index (χ4v) is 3.15. The molecule has 0 atom stereocenters. The highest BCUT2D eigenvalue weighted by molar-refractivity contribution is 6.32. The highest BCUT2D eigenvalue weighted by atomic mass is 35.5. The summed E-state index contributed by atoms with van der Waals surface area (Å²) in [5.74, 6) is 1.87. The number of rotatable bonds is 5. The lowest BCUT2D eigenvalue weighted by molar-refractivity contribution is 0.102. The molecule has 0 spiro atoms. The SMILES string of the molecule is COc1cc(NC(=O)c2cc(N3CCCC3)nc(C)n2)c(OC)cc1Cl. The van der Waals surface area contributed by atoms with Crippen LogP contribution in [0.3, 0.4) is 0 Å². The van der Waals surface area contributed by atoms with Gasteiger partial charge in [0, 0.05) is 31.3 Å². The van der Waals surface area contributed by atoms with Crippen LogP contribution < -0.4 is 19.7 Å². The molecule has 3 rings (SSSR count). The van der Waals surface area contributed by atoms with Crippen LogP contribution in [0.5, 0.6) is 11.5 Å². The number of aryl methyl sites for hydroxylation is 1. The maximum absolute atomic E-state index is 12.7. The molecule has 1 saturated heterocycles. The number of carbonyl (C=O) groups is 1. The van der Waals surface area contributed by atoms with Crippen LogP contribution in [0.2, 0.25) is 5.02 Å². The van der Waals surface area contributed by atoms with Crippen LogP contribution in [-0.4, -0.2) is 43.2 Å². The Morgan fingerprint density at radius 1 is 1.12 bits per heavy atom. The summed E-state index contributed by atoms with van der Waals surface area (Å²) < 4.78 is 10.5. The van der Waals surface area contributed by atoms with Gasteiger partial charge < -0.3 is 19.7 Å². The van der Waals surface area contributed by atoms with Crippen LogP contribution in [0, 0.1) is 6.92 Å². The summed E-state index contributed by atoms with van der Waals surface area (Å²) in [6.45, 7) is 3.67. The molecular weight excluding hydrogens is 356 g/mol. The van der Waals surface area contributed by atoms with Crippen molar-refractivity contribution in [3.8, 4) is 11.5 Å². The van der Waals surface area contributed by atoms with Crippen molar-refractivity contribution in [1.29, 1.82) is 0 Å². The molecule has 1 aliphatic heterocycles. The van der Waals surface area contributed by atoms with Gasteiger partial charge in [0.2, 0.25) is 0 Å². The lowest BCUT2D eigenvalue weighted by Gasteiger charge is -2.17. The zero-order valence-electron chi connectivity index (χ0n) is 15.0. The molecule has 0 unspecified atom stereocenters. The smallest absolute Gasteiger partial charge is 0.274 e. The van der Waals surface area contributed by atoms with E-state index in [0.29, 0.717) is 33.7 Å². The predicted octanol–water partition coefficient (Wildman–Crippen LogP) is 3.31. The molecule has 1 fully saturated rings. The first kappa shape index (κ1) is 18.3. The minimum absolute atomic E-state index is 0.301. The zero-order valence-corrected chi connectivity index (χ0v) is 15.8. The van der Waals surface area contributed by atoms with Gasteiger partial charge in [0.15, 0.2) is 0 Å². The Morgan fingerprint density at radius 3 is 2.46 bits per heavy atom. The number of aromatic nitrogens is 2. The van der Waals surface area contributed by atoms with E-state index in [9.17, 15) is 4.79 Å². The number of anilines is 2. The van der Waals surface area contributed by atoms with E-state index in [1.807, 2.05) is 0 Å². The van der Waals surface area contributed by atoms with Crippen LogP contribution in [0.1, 0.15) is 29.2 Å². The van der Waals surface area contributed by atoms with E-state index in [1.165, 1.54) is 14.2 Å². The van der Waals surface area contributed by atoms with Gasteiger partial charge in [-0.1, -0.05) is 11.6 Å². The highest BCUT2D eigenvalue weighted by Crippen LogP contribution is 2.36. The van der Waals surface area contributed by atoms with Gasteiger partial charge in [-0.05, 0) is 19.8 Å². The number of hydrogen-bond acceptors (Lipinski definition) is 6. The van der Waals surface area contributed by atoms with E-state index < -0.39 is 0 Å². The molecule has 26 heavy (non-hydrogen) atoms. The average molecular weight is 377 g/mol. The quantitative estimate of drug-likeness (QED) is 0.862. The Morgan fingerprint density at radius 2 is 1.81 bits per heavy atom. The van der Waals surface area contributed by atoms with Gasteiger partial charge in [0.1, 0.15) is 28.8 Å². The van der Waals surface area contributed by atoms with Crippen LogP contribution in [0.4, 0.5) is 11.5 Å². The van der Waals surface area contributed by atoms with Crippen molar-refractivity contribution >= 4 is 29.0 Å². The first-order valence-corrected chi connectivity index (χ1v) is 8.73. The van der Waals surface area contributed by atoms with E-state index >= 15 is 0 Å². The number of nitrogens with one attached hydrogen (secondary N) is 1. The lowest BCUT2D eigenvalue weighted by atomic mass is 10.2. The number of nitrogens with zero attached hydrogens (tertiary/aromatic N) is 3. The highest BCUT2D eigenvalue weighted by Gasteiger charge is 2.19. The molecular formula is C18H21ClN4O3. The largest absolute Gasteiger partial charge is 0.495 e. The Bertz CT molecular complexity index is 822. The molecule has 0 aliphatic carbocycles. The third-order valence-electron chi connectivity index (χ3n) is 4.21. The minimum atomic E-state index is -0.348. The van der Waals surface area contributed by atoms with Crippen molar-refractivity contribution in [3.05, 3.63) is 34.7 Å². The molecule has 7 nitrogen and oxygen atoms in total. The van der Waals surface area contributed by atoms with Crippen LogP contribution in [0.25, 0.3) is 0 Å². The van der Waals surface area contributed by atoms with E-state index in [0.717, 1.165) is 31.7 Å². The Hall–Kier alpha value is -2.54. The maximum Gasteiger partial charge on any atom is 0.274 e. The minimum Gasteiger partial charge on any atom is -0.495 e. The zero-order chi connectivity index (χ0) is 18.7. The predicted molar refractivity (Wildman–Crippen MR) is 101 cm³/mol. The van der Waals surface area contributed by atoms with Gasteiger partial charge >= 0.3 is 0 Å². The average Bonchev–Trinajstić information content (AvgIpc) is 3.17. The molecule has 2 heterocycles. The van der Waals surface area contributed by atoms with E-state index in [1.54, 1.807) is 25.1 Å². The first-order chi connectivity index (χ1) is 12.5. The van der Waals surface area contributed by atoms with E-state index in [2.05, 4.69) is 20.2 Å². The molecule has 1 aromatic carbocycles. The molecule has 1 aromatic heterocycles. The second-order valence-electron chi connectivity index (χ2n) is 5.99. The van der Waals surface area contributed by atoms with E-state index in [-0.39, 0.29) is 5.91 Å². The molecule has 1 amide bonds. The van der Waals surface area contributed by atoms with Gasteiger partial charge in [-0.15, -0.1) is 0 Å². The normalized spacial score (nSPS) is 13.6. The van der Waals surface area contributed by atoms with Crippen molar-refractivity contribution in [2.24, 2.45) is 0 Å². The third kappa shape index (κ3) is 3.83. The molecule has 138 valence electrons. The van der Waals surface area contributed by atoms with Crippen LogP contribution >= 0.6 is 11.6 Å². The van der Waals surface area contributed by atoms with Crippen molar-refractivity contribution in [2.75, 3.05) is 37.5 Å². The van der Waals surface area contributed by atoms with Crippen LogP contribution in [0.15, 0.2) is 18.2 Å². The van der Waals surface area contributed by atoms with Crippen molar-refractivity contribution in [1.82, 2.24) is 9.97 Å². The fourth-order valence-electron chi connectivity index (χ4n) is 2.92. The number of amides is 1. The van der Waals surface area contributed by atoms with Crippen molar-refractivity contribution in [3.63, 3.8) is 0 Å². The summed E-state index contributed by atoms with van der Waals surface area (Å²) in [6, 6.07) is 4.93. The second-order valence-corrected chi connectivity index (χ2v) is 6.40. The molecule has 8 heteroatoms. The fraction of sp³-hybridized carbons (Fsp3) is 0.389. The Labute approximate surface area is 157 Å². The van der Waals surface area contributed by atoms with Crippen LogP contribution in [-0.2, 0) is 0 Å². The van der Waals surface area contributed by atoms with E-state index in [4.69, 9.17) is 21.1 Å². The van der Waals surface area contributed by atoms with Gasteiger partial charge in [0.25, 0.3) is 5.91 Å². The number of ether oxygens (including phenoxy) is 2. The Balaban J connectivity index is 1.88. The molecule has 1 aliphatic rings. The van der Waals surface area contributed by atoms with Gasteiger partial charge in [-0.3, -0.25) is 4.79 Å². The standard InChI is InChI=1S/C18H21ClN4O3/c1-11-20-14(10-17(21-11)23-6-4-5-7-23)18(24)22-13-9-15(25-2)12(19)8-16(13)26-3/h8-10H,4-7H2,1-3H3,(H,22,24). The number of halogens is 1. The van der Waals surface area contributed by atoms with Crippen molar-refractivity contribution < 1.29 is 14.3 Å². The summed E-state index contributed by atoms with van der Waals surface area (Å²) in [6.07, 6.45) is 2.26. The third-order valence-corrected chi connectivity index (χ3v) is 4.50. The second kappa shape index (κ2) is 7.78. The van der Waals surface area contributed by atoms with Gasteiger partial charge in [-0.2, -0.15) is 0 Å². The first-order valence-electron chi connectivity index (χ1n) is 8.35. The summed E-state index contributed by atoms with van der Waals surface area (Å²) >= 11 is 6.10. The summed E-state index contributed by atoms with van der Waals surface area (Å²) in [7, 11) is 3.02. The number of methoxy groups -OCH3 is 2. The number of hydrogen-bond donors (Lipinski definition) is 1. The van der Waals surface area contributed by atoms with Gasteiger partial charge in [-0.25, -0.2) is 9.97 Å². The summed E-state index contributed by atoms with van der Waals surface area (Å²) in [5, 5.41) is 3.21. The lowest BCUT2D eigenvalue weighted by Crippen LogP contribution is -2.22. The summed E-state index contributed by atoms with van der Waals surface area (Å²) in [4.78, 5) is 23.6. The maximum atomic E-state index is 12.7. The Kier molecular flexibility index (Phi) is 5.46. The molecule has 2 aromatic rings. The molecule has 0 bridgehead atoms. The monoisotopic (exact) mass is 376 g/mol. The topological polar surface area (TPSA) is 76.6 Å². The molecule has 0 radical (unpaired) electrons. The summed E-state index contributed by atoms with van der Waals surface area (Å²) in [5.41, 5.74) is 0.758.